The van der Waals surface area contributed by atoms with Crippen molar-refractivity contribution in [1.29, 1.82) is 0 Å². The van der Waals surface area contributed by atoms with Gasteiger partial charge in [0, 0.05) is 26.9 Å². The van der Waals surface area contributed by atoms with Crippen LogP contribution < -0.4 is 25.6 Å². The van der Waals surface area contributed by atoms with Crippen molar-refractivity contribution in [3.63, 3.8) is 0 Å². The first-order chi connectivity index (χ1) is 31.7. The summed E-state index contributed by atoms with van der Waals surface area (Å²) in [7, 11) is -2.89. The van der Waals surface area contributed by atoms with Crippen molar-refractivity contribution >= 4 is 57.6 Å². The van der Waals surface area contributed by atoms with Crippen LogP contribution in [0.1, 0.15) is 22.3 Å². The standard InChI is InChI=1S/C61H43NSSi/c1-5-19-44(20-6-1)45-33-38-49(39-34-45)62(48-21-7-2-8-22-48)50-40-35-46(36-41-50)47-37-42-60-56(43-47)61(53-27-13-16-30-57(53)63-58-31-17-14-28-54(58)61)55-29-15-18-32-59(55)64(60,51-23-9-3-10-24-51)52-25-11-4-12-26-52/h1-43H. The van der Waals surface area contributed by atoms with Gasteiger partial charge in [-0.3, -0.25) is 0 Å². The summed E-state index contributed by atoms with van der Waals surface area (Å²) < 4.78 is 0. The molecule has 302 valence electrons. The molecule has 64 heavy (non-hydrogen) atoms. The predicted molar refractivity (Wildman–Crippen MR) is 272 cm³/mol. The SMILES string of the molecule is c1ccc(-c2ccc(N(c3ccccc3)c3ccc(-c4ccc5c(c4)C4(c6ccccc6Sc6ccccc64)c4ccccc4[Si]5(c4ccccc4)c4ccccc4)cc3)cc2)cc1. The highest BCUT2D eigenvalue weighted by atomic mass is 32.2. The molecule has 10 aromatic carbocycles. The van der Waals surface area contributed by atoms with Crippen molar-refractivity contribution in [2.75, 3.05) is 4.90 Å². The van der Waals surface area contributed by atoms with Crippen molar-refractivity contribution in [2.45, 2.75) is 15.2 Å². The highest BCUT2D eigenvalue weighted by Gasteiger charge is 2.57. The summed E-state index contributed by atoms with van der Waals surface area (Å²) >= 11 is 1.90. The molecule has 2 heterocycles. The Labute approximate surface area is 381 Å². The number of para-hydroxylation sites is 1. The average Bonchev–Trinajstić information content (AvgIpc) is 3.38. The van der Waals surface area contributed by atoms with Crippen molar-refractivity contribution in [3.8, 4) is 22.3 Å². The maximum atomic E-state index is 2.56. The molecular formula is C61H43NSSi. The fourth-order valence-electron chi connectivity index (χ4n) is 10.8. The minimum atomic E-state index is -2.89. The van der Waals surface area contributed by atoms with Gasteiger partial charge in [-0.1, -0.05) is 218 Å². The molecule has 2 aliphatic heterocycles. The maximum absolute atomic E-state index is 2.89. The summed E-state index contributed by atoms with van der Waals surface area (Å²) in [5, 5.41) is 5.68. The molecule has 0 radical (unpaired) electrons. The highest BCUT2D eigenvalue weighted by molar-refractivity contribution is 7.99. The van der Waals surface area contributed by atoms with Crippen LogP contribution in [0, 0.1) is 0 Å². The van der Waals surface area contributed by atoms with E-state index in [9.17, 15) is 0 Å². The van der Waals surface area contributed by atoms with Gasteiger partial charge in [-0.25, -0.2) is 0 Å². The second-order valence-corrected chi connectivity index (χ2v) is 21.6. The lowest BCUT2D eigenvalue weighted by Crippen LogP contribution is -2.79. The summed E-state index contributed by atoms with van der Waals surface area (Å²) in [5.74, 6) is 0. The van der Waals surface area contributed by atoms with Gasteiger partial charge in [0.15, 0.2) is 8.07 Å². The zero-order valence-electron chi connectivity index (χ0n) is 35.2. The number of fused-ring (bicyclic) bond motifs is 8. The van der Waals surface area contributed by atoms with Crippen molar-refractivity contribution in [1.82, 2.24) is 0 Å². The second kappa shape index (κ2) is 15.7. The number of rotatable bonds is 7. The zero-order valence-corrected chi connectivity index (χ0v) is 37.0. The minimum absolute atomic E-state index is 0.545. The second-order valence-electron chi connectivity index (χ2n) is 16.8. The zero-order chi connectivity index (χ0) is 42.5. The first kappa shape index (κ1) is 38.3. The van der Waals surface area contributed by atoms with E-state index in [-0.39, 0.29) is 0 Å². The number of nitrogens with zero attached hydrogens (tertiary/aromatic N) is 1. The van der Waals surface area contributed by atoms with Gasteiger partial charge in [-0.2, -0.15) is 0 Å². The van der Waals surface area contributed by atoms with Crippen molar-refractivity contribution in [3.05, 3.63) is 283 Å². The van der Waals surface area contributed by atoms with Crippen LogP contribution in [-0.4, -0.2) is 8.07 Å². The van der Waals surface area contributed by atoms with E-state index in [1.54, 1.807) is 0 Å². The molecule has 0 N–H and O–H groups in total. The van der Waals surface area contributed by atoms with Gasteiger partial charge in [0.2, 0.25) is 0 Å². The van der Waals surface area contributed by atoms with E-state index in [0.29, 0.717) is 0 Å². The van der Waals surface area contributed by atoms with E-state index >= 15 is 0 Å². The number of anilines is 3. The van der Waals surface area contributed by atoms with Crippen molar-refractivity contribution in [2.24, 2.45) is 0 Å². The minimum Gasteiger partial charge on any atom is -0.311 e. The Bertz CT molecular complexity index is 3190. The van der Waals surface area contributed by atoms with Crippen LogP contribution in [0.2, 0.25) is 0 Å². The Hall–Kier alpha value is -7.43. The van der Waals surface area contributed by atoms with Gasteiger partial charge in [-0.15, -0.1) is 0 Å². The predicted octanol–water partition coefficient (Wildman–Crippen LogP) is 13.0. The van der Waals surface area contributed by atoms with Gasteiger partial charge in [-0.05, 0) is 120 Å². The van der Waals surface area contributed by atoms with E-state index < -0.39 is 13.5 Å². The van der Waals surface area contributed by atoms with E-state index in [0.717, 1.165) is 17.1 Å². The largest absolute Gasteiger partial charge is 0.311 e. The highest BCUT2D eigenvalue weighted by Crippen LogP contribution is 2.57. The van der Waals surface area contributed by atoms with Crippen LogP contribution in [0.4, 0.5) is 17.1 Å². The molecule has 0 aliphatic carbocycles. The van der Waals surface area contributed by atoms with E-state index in [4.69, 9.17) is 0 Å². The van der Waals surface area contributed by atoms with Crippen molar-refractivity contribution < 1.29 is 0 Å². The molecular weight excluding hydrogens is 807 g/mol. The first-order valence-electron chi connectivity index (χ1n) is 22.1. The third-order valence-electron chi connectivity index (χ3n) is 13.5. The lowest BCUT2D eigenvalue weighted by atomic mass is 9.64. The lowest BCUT2D eigenvalue weighted by molar-refractivity contribution is 0.707. The Morgan fingerprint density at radius 1 is 0.297 bits per heavy atom. The first-order valence-corrected chi connectivity index (χ1v) is 24.9. The van der Waals surface area contributed by atoms with Crippen LogP contribution in [-0.2, 0) is 5.41 Å². The maximum Gasteiger partial charge on any atom is 0.180 e. The fraction of sp³-hybridized carbons (Fsp3) is 0.0164. The van der Waals surface area contributed by atoms with Gasteiger partial charge in [0.25, 0.3) is 0 Å². The van der Waals surface area contributed by atoms with E-state index in [1.165, 1.54) is 75.0 Å². The van der Waals surface area contributed by atoms with Crippen LogP contribution >= 0.6 is 11.8 Å². The van der Waals surface area contributed by atoms with Crippen LogP contribution in [0.25, 0.3) is 22.3 Å². The molecule has 0 saturated heterocycles. The van der Waals surface area contributed by atoms with Crippen LogP contribution in [0.5, 0.6) is 0 Å². The molecule has 2 aliphatic rings. The van der Waals surface area contributed by atoms with Crippen LogP contribution in [0.15, 0.2) is 271 Å². The Morgan fingerprint density at radius 2 is 0.688 bits per heavy atom. The average molecular weight is 850 g/mol. The van der Waals surface area contributed by atoms with Gasteiger partial charge in [0.05, 0.1) is 5.41 Å². The van der Waals surface area contributed by atoms with Crippen LogP contribution in [0.3, 0.4) is 0 Å². The molecule has 0 saturated carbocycles. The quantitative estimate of drug-likeness (QED) is 0.147. The normalized spacial score (nSPS) is 13.8. The molecule has 0 unspecified atom stereocenters. The molecule has 0 fully saturated rings. The molecule has 3 heteroatoms. The fourth-order valence-corrected chi connectivity index (χ4v) is 17.3. The van der Waals surface area contributed by atoms with Gasteiger partial charge in [0.1, 0.15) is 0 Å². The smallest absolute Gasteiger partial charge is 0.180 e. The third-order valence-corrected chi connectivity index (χ3v) is 19.5. The lowest BCUT2D eigenvalue weighted by Gasteiger charge is -2.51. The number of hydrogen-bond donors (Lipinski definition) is 0. The van der Waals surface area contributed by atoms with E-state index in [2.05, 4.69) is 266 Å². The Balaban J connectivity index is 1.08. The van der Waals surface area contributed by atoms with E-state index in [1.807, 2.05) is 11.8 Å². The summed E-state index contributed by atoms with van der Waals surface area (Å²) in [6.45, 7) is 0. The molecule has 0 aromatic heterocycles. The number of hydrogen-bond acceptors (Lipinski definition) is 2. The molecule has 12 rings (SSSR count). The summed E-state index contributed by atoms with van der Waals surface area (Å²) in [4.78, 5) is 4.97. The Kier molecular flexibility index (Phi) is 9.40. The molecule has 0 bridgehead atoms. The summed E-state index contributed by atoms with van der Waals surface area (Å²) in [6, 6.07) is 97.4. The summed E-state index contributed by atoms with van der Waals surface area (Å²) in [5.41, 5.74) is 13.1. The molecule has 1 spiro atoms. The van der Waals surface area contributed by atoms with Gasteiger partial charge < -0.3 is 4.90 Å². The third kappa shape index (κ3) is 5.92. The molecule has 0 amide bonds. The number of benzene rings is 10. The molecule has 0 atom stereocenters. The molecule has 1 nitrogen and oxygen atoms in total. The molecule has 10 aromatic rings. The topological polar surface area (TPSA) is 3.24 Å². The Morgan fingerprint density at radius 3 is 1.25 bits per heavy atom. The van der Waals surface area contributed by atoms with Gasteiger partial charge >= 0.3 is 0 Å². The monoisotopic (exact) mass is 849 g/mol. The summed E-state index contributed by atoms with van der Waals surface area (Å²) in [6.07, 6.45) is 0.